The van der Waals surface area contributed by atoms with Gasteiger partial charge < -0.3 is 9.84 Å². The molecule has 3 aromatic heterocycles. The molecular weight excluding hydrogens is 415 g/mol. The van der Waals surface area contributed by atoms with Gasteiger partial charge in [0.05, 0.1) is 17.0 Å². The zero-order chi connectivity index (χ0) is 19.1. The van der Waals surface area contributed by atoms with Gasteiger partial charge in [-0.05, 0) is 49.4 Å². The van der Waals surface area contributed by atoms with Gasteiger partial charge in [0, 0.05) is 21.5 Å². The van der Waals surface area contributed by atoms with Gasteiger partial charge in [-0.15, -0.1) is 11.3 Å². The molecule has 1 N–H and O–H groups in total. The lowest BCUT2D eigenvalue weighted by Crippen LogP contribution is -2.04. The van der Waals surface area contributed by atoms with E-state index < -0.39 is 0 Å². The number of aromatic nitrogens is 3. The maximum absolute atomic E-state index is 6.27. The number of hydrogen-bond acceptors (Lipinski definition) is 6. The number of anilines is 1. The number of rotatable bonds is 4. The predicted molar refractivity (Wildman–Crippen MR) is 113 cm³/mol. The lowest BCUT2D eigenvalue weighted by atomic mass is 9.97. The molecular formula is C20H16Cl2N4OS. The fourth-order valence-corrected chi connectivity index (χ4v) is 5.35. The first-order chi connectivity index (χ1) is 13.7. The van der Waals surface area contributed by atoms with Gasteiger partial charge in [0.15, 0.2) is 5.76 Å². The van der Waals surface area contributed by atoms with E-state index in [4.69, 9.17) is 27.7 Å². The average molecular weight is 431 g/mol. The topological polar surface area (TPSA) is 63.8 Å². The second-order valence-electron chi connectivity index (χ2n) is 6.77. The summed E-state index contributed by atoms with van der Waals surface area (Å²) in [6, 6.07) is 7.20. The molecule has 8 heteroatoms. The molecule has 1 aliphatic rings. The monoisotopic (exact) mass is 430 g/mol. The Balaban J connectivity index is 1.40. The number of nitrogens with one attached hydrogen (secondary N) is 1. The Kier molecular flexibility index (Phi) is 4.70. The van der Waals surface area contributed by atoms with Crippen molar-refractivity contribution in [1.29, 1.82) is 0 Å². The van der Waals surface area contributed by atoms with Crippen molar-refractivity contribution in [3.8, 4) is 11.3 Å². The van der Waals surface area contributed by atoms with E-state index in [1.54, 1.807) is 29.8 Å². The maximum Gasteiger partial charge on any atom is 0.156 e. The summed E-state index contributed by atoms with van der Waals surface area (Å²) in [4.78, 5) is 11.4. The average Bonchev–Trinajstić information content (AvgIpc) is 3.31. The Bertz CT molecular complexity index is 1170. The zero-order valence-electron chi connectivity index (χ0n) is 14.8. The summed E-state index contributed by atoms with van der Waals surface area (Å²) < 4.78 is 5.49. The minimum Gasteiger partial charge on any atom is -0.362 e. The van der Waals surface area contributed by atoms with Crippen LogP contribution in [-0.4, -0.2) is 15.1 Å². The highest BCUT2D eigenvalue weighted by Gasteiger charge is 2.20. The standard InChI is InChI=1S/C20H16Cl2N4OS/c21-11-5-6-13(15(22)7-11)16-8-12(27-26-16)9-23-19-18-14-3-1-2-4-17(14)28-20(18)25-10-24-19/h5-8,10H,1-4,9H2,(H,23,24,25). The second kappa shape index (κ2) is 7.35. The molecule has 0 bridgehead atoms. The third-order valence-corrected chi connectivity index (χ3v) is 6.70. The van der Waals surface area contributed by atoms with E-state index in [9.17, 15) is 0 Å². The minimum atomic E-state index is 0.481. The van der Waals surface area contributed by atoms with E-state index in [1.165, 1.54) is 23.3 Å². The van der Waals surface area contributed by atoms with E-state index in [0.29, 0.717) is 28.0 Å². The minimum absolute atomic E-state index is 0.481. The second-order valence-corrected chi connectivity index (χ2v) is 8.70. The summed E-state index contributed by atoms with van der Waals surface area (Å²) in [5.74, 6) is 1.56. The quantitative estimate of drug-likeness (QED) is 0.420. The first-order valence-electron chi connectivity index (χ1n) is 9.09. The molecule has 142 valence electrons. The summed E-state index contributed by atoms with van der Waals surface area (Å²) in [5.41, 5.74) is 2.87. The van der Waals surface area contributed by atoms with Gasteiger partial charge in [0.1, 0.15) is 22.7 Å². The highest BCUT2D eigenvalue weighted by molar-refractivity contribution is 7.19. The van der Waals surface area contributed by atoms with Crippen LogP contribution in [0.3, 0.4) is 0 Å². The third kappa shape index (κ3) is 3.26. The van der Waals surface area contributed by atoms with Gasteiger partial charge in [-0.25, -0.2) is 9.97 Å². The van der Waals surface area contributed by atoms with E-state index in [2.05, 4.69) is 20.4 Å². The normalized spacial score (nSPS) is 13.6. The number of hydrogen-bond donors (Lipinski definition) is 1. The van der Waals surface area contributed by atoms with E-state index in [0.717, 1.165) is 34.4 Å². The Morgan fingerprint density at radius 1 is 1.11 bits per heavy atom. The molecule has 0 fully saturated rings. The maximum atomic E-state index is 6.27. The van der Waals surface area contributed by atoms with Crippen molar-refractivity contribution < 1.29 is 4.52 Å². The Morgan fingerprint density at radius 3 is 2.89 bits per heavy atom. The van der Waals surface area contributed by atoms with Crippen molar-refractivity contribution in [1.82, 2.24) is 15.1 Å². The first kappa shape index (κ1) is 17.9. The molecule has 1 aliphatic carbocycles. The molecule has 0 spiro atoms. The van der Waals surface area contributed by atoms with E-state index in [-0.39, 0.29) is 0 Å². The summed E-state index contributed by atoms with van der Waals surface area (Å²) in [7, 11) is 0. The van der Waals surface area contributed by atoms with Gasteiger partial charge in [-0.1, -0.05) is 28.4 Å². The summed E-state index contributed by atoms with van der Waals surface area (Å²) in [6.07, 6.45) is 6.33. The van der Waals surface area contributed by atoms with Crippen molar-refractivity contribution in [2.75, 3.05) is 5.32 Å². The molecule has 0 atom stereocenters. The summed E-state index contributed by atoms with van der Waals surface area (Å²) in [5, 5.41) is 9.82. The SMILES string of the molecule is Clc1ccc(-c2cc(CNc3ncnc4sc5c(c34)CCCC5)on2)c(Cl)c1. The van der Waals surface area contributed by atoms with Crippen LogP contribution in [0.5, 0.6) is 0 Å². The molecule has 4 aromatic rings. The van der Waals surface area contributed by atoms with Gasteiger partial charge in [0.25, 0.3) is 0 Å². The Morgan fingerprint density at radius 2 is 2.00 bits per heavy atom. The molecule has 0 saturated heterocycles. The van der Waals surface area contributed by atoms with E-state index >= 15 is 0 Å². The lowest BCUT2D eigenvalue weighted by Gasteiger charge is -2.11. The first-order valence-corrected chi connectivity index (χ1v) is 10.7. The highest BCUT2D eigenvalue weighted by Crippen LogP contribution is 2.38. The van der Waals surface area contributed by atoms with Crippen LogP contribution in [0.1, 0.15) is 29.0 Å². The number of benzene rings is 1. The number of aryl methyl sites for hydroxylation is 2. The number of nitrogens with zero attached hydrogens (tertiary/aromatic N) is 3. The summed E-state index contributed by atoms with van der Waals surface area (Å²) >= 11 is 14.0. The molecule has 28 heavy (non-hydrogen) atoms. The largest absolute Gasteiger partial charge is 0.362 e. The molecule has 0 amide bonds. The molecule has 0 radical (unpaired) electrons. The molecule has 0 saturated carbocycles. The fourth-order valence-electron chi connectivity index (χ4n) is 3.62. The van der Waals surface area contributed by atoms with Gasteiger partial charge >= 0.3 is 0 Å². The third-order valence-electron chi connectivity index (χ3n) is 4.95. The van der Waals surface area contributed by atoms with Crippen LogP contribution < -0.4 is 5.32 Å². The molecule has 5 rings (SSSR count). The lowest BCUT2D eigenvalue weighted by molar-refractivity contribution is 0.390. The van der Waals surface area contributed by atoms with Crippen LogP contribution in [0.4, 0.5) is 5.82 Å². The molecule has 1 aromatic carbocycles. The molecule has 5 nitrogen and oxygen atoms in total. The highest BCUT2D eigenvalue weighted by atomic mass is 35.5. The number of thiophene rings is 1. The number of fused-ring (bicyclic) bond motifs is 3. The van der Waals surface area contributed by atoms with Crippen molar-refractivity contribution in [2.24, 2.45) is 0 Å². The number of halogens is 2. The fraction of sp³-hybridized carbons (Fsp3) is 0.250. The zero-order valence-corrected chi connectivity index (χ0v) is 17.2. The van der Waals surface area contributed by atoms with Crippen LogP contribution >= 0.6 is 34.5 Å². The van der Waals surface area contributed by atoms with Crippen LogP contribution in [-0.2, 0) is 19.4 Å². The van der Waals surface area contributed by atoms with Crippen LogP contribution in [0.2, 0.25) is 10.0 Å². The predicted octanol–water partition coefficient (Wildman–Crippen LogP) is 6.14. The van der Waals surface area contributed by atoms with E-state index in [1.807, 2.05) is 12.1 Å². The van der Waals surface area contributed by atoms with Crippen LogP contribution in [0.15, 0.2) is 35.1 Å². The van der Waals surface area contributed by atoms with Crippen molar-refractivity contribution in [3.63, 3.8) is 0 Å². The molecule has 0 aliphatic heterocycles. The van der Waals surface area contributed by atoms with Crippen molar-refractivity contribution in [2.45, 2.75) is 32.2 Å². The van der Waals surface area contributed by atoms with Crippen LogP contribution in [0.25, 0.3) is 21.5 Å². The molecule has 0 unspecified atom stereocenters. The van der Waals surface area contributed by atoms with Gasteiger partial charge in [0.2, 0.25) is 0 Å². The van der Waals surface area contributed by atoms with Crippen molar-refractivity contribution in [3.05, 3.63) is 56.8 Å². The van der Waals surface area contributed by atoms with Crippen LogP contribution in [0, 0.1) is 0 Å². The van der Waals surface area contributed by atoms with Gasteiger partial charge in [-0.2, -0.15) is 0 Å². The Labute approximate surface area is 175 Å². The summed E-state index contributed by atoms with van der Waals surface area (Å²) in [6.45, 7) is 0.481. The van der Waals surface area contributed by atoms with Crippen molar-refractivity contribution >= 4 is 50.6 Å². The molecule has 3 heterocycles. The Hall–Kier alpha value is -2.15. The van der Waals surface area contributed by atoms with Gasteiger partial charge in [-0.3, -0.25) is 0 Å². The smallest absolute Gasteiger partial charge is 0.156 e.